The molecule has 0 saturated carbocycles. The number of aromatic nitrogens is 3. The van der Waals surface area contributed by atoms with Crippen molar-refractivity contribution in [3.05, 3.63) is 42.2 Å². The highest BCUT2D eigenvalue weighted by molar-refractivity contribution is 7.90. The van der Waals surface area contributed by atoms with Crippen molar-refractivity contribution in [2.45, 2.75) is 45.3 Å². The van der Waals surface area contributed by atoms with E-state index in [-0.39, 0.29) is 29.7 Å². The number of hydrogen-bond donors (Lipinski definition) is 1. The van der Waals surface area contributed by atoms with Gasteiger partial charge in [-0.15, -0.1) is 0 Å². The lowest BCUT2D eigenvalue weighted by Crippen LogP contribution is -2.57. The van der Waals surface area contributed by atoms with Crippen LogP contribution >= 0.6 is 0 Å². The first-order valence-corrected chi connectivity index (χ1v) is 15.8. The molecule has 2 saturated heterocycles. The SMILES string of the molecule is CO[C@@H]1CCN(c2nccc(Nc3cc4c(C(C)C)ccc(N5C[C@H](CS(C)(=O)=O)[C@H]5C)c4cn3)n2)C[C@@H]1C#N. The Morgan fingerprint density at radius 3 is 2.65 bits per heavy atom. The summed E-state index contributed by atoms with van der Waals surface area (Å²) in [4.78, 5) is 18.2. The molecule has 1 aromatic carbocycles. The Bertz CT molecular complexity index is 1540. The molecule has 0 radical (unpaired) electrons. The van der Waals surface area contributed by atoms with E-state index in [1.807, 2.05) is 17.2 Å². The van der Waals surface area contributed by atoms with E-state index in [0.29, 0.717) is 36.6 Å². The molecule has 2 aliphatic rings. The van der Waals surface area contributed by atoms with Crippen molar-refractivity contribution in [2.75, 3.05) is 53.9 Å². The summed E-state index contributed by atoms with van der Waals surface area (Å²) in [6, 6.07) is 10.7. The highest BCUT2D eigenvalue weighted by Crippen LogP contribution is 2.39. The first-order chi connectivity index (χ1) is 19.1. The second-order valence-corrected chi connectivity index (χ2v) is 13.5. The number of piperidine rings is 1. The number of fused-ring (bicyclic) bond motifs is 1. The second kappa shape index (κ2) is 11.2. The van der Waals surface area contributed by atoms with Gasteiger partial charge in [0, 0.05) is 68.4 Å². The van der Waals surface area contributed by atoms with Gasteiger partial charge in [-0.05, 0) is 48.4 Å². The zero-order chi connectivity index (χ0) is 28.6. The van der Waals surface area contributed by atoms with Crippen LogP contribution in [-0.4, -0.2) is 74.3 Å². The van der Waals surface area contributed by atoms with Crippen LogP contribution in [-0.2, 0) is 14.6 Å². The summed E-state index contributed by atoms with van der Waals surface area (Å²) in [5.74, 6) is 2.28. The summed E-state index contributed by atoms with van der Waals surface area (Å²) in [6.45, 7) is 8.39. The normalized spacial score (nSPS) is 23.2. The molecular weight excluding hydrogens is 526 g/mol. The van der Waals surface area contributed by atoms with E-state index in [1.54, 1.807) is 13.3 Å². The summed E-state index contributed by atoms with van der Waals surface area (Å²) in [6.07, 6.45) is 5.58. The molecule has 0 bridgehead atoms. The highest BCUT2D eigenvalue weighted by atomic mass is 32.2. The average molecular weight is 564 g/mol. The van der Waals surface area contributed by atoms with Crippen molar-refractivity contribution < 1.29 is 13.2 Å². The fraction of sp³-hybridized carbons (Fsp3) is 0.517. The maximum atomic E-state index is 11.8. The third kappa shape index (κ3) is 5.69. The zero-order valence-corrected chi connectivity index (χ0v) is 24.5. The van der Waals surface area contributed by atoms with Crippen LogP contribution in [0.15, 0.2) is 36.7 Å². The number of benzene rings is 1. The molecule has 3 aromatic rings. The van der Waals surface area contributed by atoms with E-state index < -0.39 is 9.84 Å². The minimum absolute atomic E-state index is 0.0748. The van der Waals surface area contributed by atoms with Crippen LogP contribution < -0.4 is 15.1 Å². The standard InChI is InChI=1S/C29H37N7O3S/c1-18(2)22-6-7-25(36-16-21(19(36)3)17-40(5,37)38)24-14-32-28(12-23(22)24)33-27-8-10-31-29(34-27)35-11-9-26(39-4)20(13-30)15-35/h6-8,10,12,14,18-21,26H,9,11,15-17H2,1-5H3,(H,31,32,33,34)/t19-,20+,21-,26-/m1/s1. The number of nitriles is 1. The number of ether oxygens (including phenoxy) is 1. The van der Waals surface area contributed by atoms with Crippen molar-refractivity contribution >= 4 is 43.9 Å². The van der Waals surface area contributed by atoms with E-state index in [4.69, 9.17) is 14.7 Å². The smallest absolute Gasteiger partial charge is 0.227 e. The van der Waals surface area contributed by atoms with Gasteiger partial charge in [-0.2, -0.15) is 10.2 Å². The van der Waals surface area contributed by atoms with Gasteiger partial charge in [0.15, 0.2) is 0 Å². The van der Waals surface area contributed by atoms with Gasteiger partial charge in [-0.1, -0.05) is 19.9 Å². The number of anilines is 4. The molecule has 4 atom stereocenters. The molecule has 0 unspecified atom stereocenters. The van der Waals surface area contributed by atoms with E-state index in [1.165, 1.54) is 11.8 Å². The Labute approximate surface area is 236 Å². The van der Waals surface area contributed by atoms with E-state index in [9.17, 15) is 13.7 Å². The van der Waals surface area contributed by atoms with Crippen molar-refractivity contribution in [1.82, 2.24) is 15.0 Å². The number of pyridine rings is 1. The van der Waals surface area contributed by atoms with Crippen LogP contribution in [0.25, 0.3) is 10.8 Å². The Hall–Kier alpha value is -3.49. The van der Waals surface area contributed by atoms with E-state index in [0.717, 1.165) is 29.4 Å². The average Bonchev–Trinajstić information content (AvgIpc) is 2.93. The number of nitrogens with zero attached hydrogens (tertiary/aromatic N) is 6. The van der Waals surface area contributed by atoms with E-state index in [2.05, 4.69) is 60.2 Å². The van der Waals surface area contributed by atoms with Crippen LogP contribution in [0.1, 0.15) is 38.7 Å². The first-order valence-electron chi connectivity index (χ1n) is 13.7. The van der Waals surface area contributed by atoms with Gasteiger partial charge in [0.25, 0.3) is 0 Å². The maximum absolute atomic E-state index is 11.8. The quantitative estimate of drug-likeness (QED) is 0.428. The molecule has 40 heavy (non-hydrogen) atoms. The van der Waals surface area contributed by atoms with Crippen LogP contribution in [0, 0.1) is 23.2 Å². The molecule has 2 fully saturated rings. The maximum Gasteiger partial charge on any atom is 0.227 e. The monoisotopic (exact) mass is 563 g/mol. The van der Waals surface area contributed by atoms with Crippen molar-refractivity contribution in [3.8, 4) is 6.07 Å². The largest absolute Gasteiger partial charge is 0.380 e. The topological polar surface area (TPSA) is 124 Å². The molecule has 0 amide bonds. The number of rotatable bonds is 8. The third-order valence-corrected chi connectivity index (χ3v) is 9.20. The fourth-order valence-electron chi connectivity index (χ4n) is 5.88. The highest BCUT2D eigenvalue weighted by Gasteiger charge is 2.38. The molecule has 2 aliphatic heterocycles. The Morgan fingerprint density at radius 1 is 1.18 bits per heavy atom. The van der Waals surface area contributed by atoms with Crippen LogP contribution in [0.3, 0.4) is 0 Å². The van der Waals surface area contributed by atoms with Gasteiger partial charge in [-0.3, -0.25) is 0 Å². The van der Waals surface area contributed by atoms with Gasteiger partial charge in [-0.25, -0.2) is 18.4 Å². The third-order valence-electron chi connectivity index (χ3n) is 8.16. The molecule has 5 rings (SSSR count). The molecule has 1 N–H and O–H groups in total. The number of methoxy groups -OCH3 is 1. The lowest BCUT2D eigenvalue weighted by molar-refractivity contribution is 0.0566. The molecule has 0 aliphatic carbocycles. The predicted molar refractivity (Wildman–Crippen MR) is 158 cm³/mol. The van der Waals surface area contributed by atoms with Crippen molar-refractivity contribution in [2.24, 2.45) is 11.8 Å². The Balaban J connectivity index is 1.40. The molecular formula is C29H37N7O3S. The summed E-state index contributed by atoms with van der Waals surface area (Å²) in [7, 11) is -1.37. The Morgan fingerprint density at radius 2 is 1.98 bits per heavy atom. The van der Waals surface area contributed by atoms with Crippen molar-refractivity contribution in [1.29, 1.82) is 5.26 Å². The minimum Gasteiger partial charge on any atom is -0.380 e. The molecule has 212 valence electrons. The predicted octanol–water partition coefficient (Wildman–Crippen LogP) is 4.13. The number of sulfone groups is 1. The first kappa shape index (κ1) is 28.1. The van der Waals surface area contributed by atoms with Gasteiger partial charge in [0.2, 0.25) is 5.95 Å². The number of nitrogens with one attached hydrogen (secondary N) is 1. The summed E-state index contributed by atoms with van der Waals surface area (Å²) >= 11 is 0. The molecule has 10 nitrogen and oxygen atoms in total. The zero-order valence-electron chi connectivity index (χ0n) is 23.7. The van der Waals surface area contributed by atoms with Gasteiger partial charge in [0.1, 0.15) is 21.5 Å². The summed E-state index contributed by atoms with van der Waals surface area (Å²) in [5.41, 5.74) is 2.29. The summed E-state index contributed by atoms with van der Waals surface area (Å²) in [5, 5.41) is 15.1. The fourth-order valence-corrected chi connectivity index (χ4v) is 7.04. The van der Waals surface area contributed by atoms with Crippen LogP contribution in [0.4, 0.5) is 23.3 Å². The number of hydrogen-bond acceptors (Lipinski definition) is 10. The molecule has 2 aromatic heterocycles. The van der Waals surface area contributed by atoms with Crippen molar-refractivity contribution in [3.63, 3.8) is 0 Å². The van der Waals surface area contributed by atoms with Crippen LogP contribution in [0.2, 0.25) is 0 Å². The van der Waals surface area contributed by atoms with Gasteiger partial charge < -0.3 is 19.9 Å². The summed E-state index contributed by atoms with van der Waals surface area (Å²) < 4.78 is 29.2. The van der Waals surface area contributed by atoms with Gasteiger partial charge >= 0.3 is 0 Å². The molecule has 0 spiro atoms. The Kier molecular flexibility index (Phi) is 7.84. The van der Waals surface area contributed by atoms with E-state index >= 15 is 0 Å². The lowest BCUT2D eigenvalue weighted by Gasteiger charge is -2.48. The second-order valence-electron chi connectivity index (χ2n) is 11.3. The molecule has 11 heteroatoms. The lowest BCUT2D eigenvalue weighted by atomic mass is 9.88. The van der Waals surface area contributed by atoms with Gasteiger partial charge in [0.05, 0.1) is 23.8 Å². The van der Waals surface area contributed by atoms with Crippen LogP contribution in [0.5, 0.6) is 0 Å². The minimum atomic E-state index is -3.02. The molecule has 4 heterocycles.